The smallest absolute Gasteiger partial charge is 0.165 e. The number of aliphatic hydroxyl groups excluding tert-OH is 1. The van der Waals surface area contributed by atoms with Gasteiger partial charge in [-0.05, 0) is 56.4 Å². The molecule has 3 aromatic heterocycles. The van der Waals surface area contributed by atoms with Gasteiger partial charge in [0.15, 0.2) is 11.6 Å². The monoisotopic (exact) mass is 482 g/mol. The van der Waals surface area contributed by atoms with Crippen LogP contribution in [0.4, 0.5) is 4.39 Å². The lowest BCUT2D eigenvalue weighted by Crippen LogP contribution is -2.22. The van der Waals surface area contributed by atoms with E-state index in [0.29, 0.717) is 16.6 Å². The predicted octanol–water partition coefficient (Wildman–Crippen LogP) is 6.16. The number of methoxy groups -OCH3 is 1. The zero-order valence-corrected chi connectivity index (χ0v) is 20.2. The van der Waals surface area contributed by atoms with Crippen LogP contribution in [0.25, 0.3) is 22.2 Å². The summed E-state index contributed by atoms with van der Waals surface area (Å²) in [5, 5.41) is 15.9. The topological polar surface area (TPSA) is 76.0 Å². The Hall–Kier alpha value is -2.90. The van der Waals surface area contributed by atoms with Gasteiger partial charge in [0.25, 0.3) is 0 Å². The van der Waals surface area contributed by atoms with E-state index in [0.717, 1.165) is 59.1 Å². The van der Waals surface area contributed by atoms with Crippen LogP contribution >= 0.6 is 11.6 Å². The summed E-state index contributed by atoms with van der Waals surface area (Å²) in [6.07, 6.45) is 8.92. The first kappa shape index (κ1) is 22.9. The maximum Gasteiger partial charge on any atom is 0.165 e. The number of H-pyrrole nitrogens is 1. The van der Waals surface area contributed by atoms with Crippen molar-refractivity contribution in [3.05, 3.63) is 64.5 Å². The van der Waals surface area contributed by atoms with E-state index in [9.17, 15) is 9.50 Å². The highest BCUT2D eigenvalue weighted by atomic mass is 35.5. The fraction of sp³-hybridized carbons (Fsp3) is 0.385. The second-order valence-corrected chi connectivity index (χ2v) is 9.52. The molecule has 1 fully saturated rings. The largest absolute Gasteiger partial charge is 0.493 e. The number of nitrogens with one attached hydrogen (secondary N) is 1. The number of hydrogen-bond donors (Lipinski definition) is 2. The Kier molecular flexibility index (Phi) is 6.08. The van der Waals surface area contributed by atoms with E-state index in [2.05, 4.69) is 32.7 Å². The number of hydrogen-bond acceptors (Lipinski definition) is 4. The molecule has 1 aliphatic rings. The molecule has 1 aliphatic carbocycles. The molecule has 5 rings (SSSR count). The maximum atomic E-state index is 14.4. The zero-order valence-electron chi connectivity index (χ0n) is 19.5. The van der Waals surface area contributed by atoms with Crippen molar-refractivity contribution < 1.29 is 14.2 Å². The van der Waals surface area contributed by atoms with Gasteiger partial charge in [0, 0.05) is 51.1 Å². The number of rotatable bonds is 5. The van der Waals surface area contributed by atoms with Crippen molar-refractivity contribution in [2.24, 2.45) is 0 Å². The van der Waals surface area contributed by atoms with Gasteiger partial charge in [0.05, 0.1) is 25.5 Å². The van der Waals surface area contributed by atoms with Gasteiger partial charge in [-0.25, -0.2) is 9.37 Å². The first-order valence-corrected chi connectivity index (χ1v) is 12.0. The van der Waals surface area contributed by atoms with E-state index in [1.54, 1.807) is 6.07 Å². The lowest BCUT2D eigenvalue weighted by Gasteiger charge is -2.26. The molecule has 34 heavy (non-hydrogen) atoms. The van der Waals surface area contributed by atoms with Crippen LogP contribution in [0.2, 0.25) is 5.02 Å². The molecule has 1 aromatic carbocycles. The highest BCUT2D eigenvalue weighted by Crippen LogP contribution is 2.41. The molecule has 0 radical (unpaired) electrons. The third kappa shape index (κ3) is 3.87. The minimum atomic E-state index is -0.439. The molecule has 1 unspecified atom stereocenters. The summed E-state index contributed by atoms with van der Waals surface area (Å²) in [6.45, 7) is 4.06. The number of fused-ring (bicyclic) bond motifs is 1. The van der Waals surface area contributed by atoms with Gasteiger partial charge in [-0.1, -0.05) is 18.5 Å². The van der Waals surface area contributed by atoms with Gasteiger partial charge < -0.3 is 14.8 Å². The summed E-state index contributed by atoms with van der Waals surface area (Å²) in [7, 11) is 1.45. The Morgan fingerprint density at radius 1 is 1.24 bits per heavy atom. The predicted molar refractivity (Wildman–Crippen MR) is 131 cm³/mol. The summed E-state index contributed by atoms with van der Waals surface area (Å²) in [4.78, 5) is 7.88. The highest BCUT2D eigenvalue weighted by molar-refractivity contribution is 6.31. The van der Waals surface area contributed by atoms with Crippen molar-refractivity contribution in [1.82, 2.24) is 19.7 Å². The second kappa shape index (κ2) is 9.04. The van der Waals surface area contributed by atoms with Crippen molar-refractivity contribution in [3.8, 4) is 16.9 Å². The molecule has 4 aromatic rings. The van der Waals surface area contributed by atoms with Crippen LogP contribution in [0.1, 0.15) is 61.4 Å². The summed E-state index contributed by atoms with van der Waals surface area (Å²) >= 11 is 6.48. The molecule has 8 heteroatoms. The van der Waals surface area contributed by atoms with Crippen molar-refractivity contribution in [3.63, 3.8) is 0 Å². The van der Waals surface area contributed by atoms with Gasteiger partial charge >= 0.3 is 0 Å². The molecule has 2 N–H and O–H groups in total. The normalized spacial score (nSPS) is 19.5. The van der Waals surface area contributed by atoms with Crippen LogP contribution in [0.3, 0.4) is 0 Å². The number of nitrogens with zero attached hydrogens (tertiary/aromatic N) is 3. The van der Waals surface area contributed by atoms with Gasteiger partial charge in [-0.3, -0.25) is 4.68 Å². The minimum Gasteiger partial charge on any atom is -0.493 e. The molecular weight excluding hydrogens is 455 g/mol. The first-order valence-electron chi connectivity index (χ1n) is 11.6. The van der Waals surface area contributed by atoms with Crippen LogP contribution in [0.5, 0.6) is 5.75 Å². The minimum absolute atomic E-state index is 0.160. The van der Waals surface area contributed by atoms with E-state index >= 15 is 0 Å². The molecule has 0 amide bonds. The van der Waals surface area contributed by atoms with Crippen LogP contribution in [-0.4, -0.2) is 38.1 Å². The quantitative estimate of drug-likeness (QED) is 0.357. The van der Waals surface area contributed by atoms with E-state index < -0.39 is 5.82 Å². The van der Waals surface area contributed by atoms with E-state index in [-0.39, 0.29) is 17.8 Å². The Bertz CT molecular complexity index is 1340. The molecule has 1 saturated carbocycles. The van der Waals surface area contributed by atoms with Gasteiger partial charge in [-0.15, -0.1) is 0 Å². The molecule has 0 bridgehead atoms. The third-order valence-electron chi connectivity index (χ3n) is 7.13. The summed E-state index contributed by atoms with van der Waals surface area (Å²) in [6, 6.07) is 5.29. The van der Waals surface area contributed by atoms with Crippen LogP contribution in [0, 0.1) is 12.7 Å². The van der Waals surface area contributed by atoms with Gasteiger partial charge in [0.2, 0.25) is 0 Å². The molecular formula is C26H28ClFN4O2. The second-order valence-electron chi connectivity index (χ2n) is 9.11. The Labute approximate surface area is 202 Å². The Morgan fingerprint density at radius 2 is 2.00 bits per heavy atom. The number of aromatic amines is 1. The molecule has 1 atom stereocenters. The molecule has 0 spiro atoms. The molecule has 0 saturated heterocycles. The fourth-order valence-electron chi connectivity index (χ4n) is 5.22. The van der Waals surface area contributed by atoms with Crippen LogP contribution in [0.15, 0.2) is 36.8 Å². The zero-order chi connectivity index (χ0) is 24.0. The number of aromatic nitrogens is 4. The molecule has 6 nitrogen and oxygen atoms in total. The van der Waals surface area contributed by atoms with Gasteiger partial charge in [0.1, 0.15) is 5.65 Å². The number of aliphatic hydroxyl groups is 1. The Balaban J connectivity index is 1.54. The van der Waals surface area contributed by atoms with Crippen LogP contribution < -0.4 is 4.74 Å². The number of halogens is 2. The number of pyridine rings is 1. The van der Waals surface area contributed by atoms with E-state index in [4.69, 9.17) is 16.3 Å². The first-order chi connectivity index (χ1) is 16.4. The highest BCUT2D eigenvalue weighted by Gasteiger charge is 2.25. The number of ether oxygens (including phenoxy) is 1. The van der Waals surface area contributed by atoms with Crippen molar-refractivity contribution in [2.45, 2.75) is 57.6 Å². The van der Waals surface area contributed by atoms with Crippen molar-refractivity contribution in [2.75, 3.05) is 7.11 Å². The molecule has 0 aliphatic heterocycles. The third-order valence-corrected chi connectivity index (χ3v) is 7.46. The van der Waals surface area contributed by atoms with E-state index in [1.165, 1.54) is 13.2 Å². The van der Waals surface area contributed by atoms with E-state index in [1.807, 2.05) is 25.5 Å². The average molecular weight is 483 g/mol. The summed E-state index contributed by atoms with van der Waals surface area (Å²) < 4.78 is 21.9. The lowest BCUT2D eigenvalue weighted by molar-refractivity contribution is 0.107. The summed E-state index contributed by atoms with van der Waals surface area (Å²) in [5.74, 6) is -0.500. The maximum absolute atomic E-state index is 14.4. The average Bonchev–Trinajstić information content (AvgIpc) is 3.43. The lowest BCUT2D eigenvalue weighted by atomic mass is 9.91. The standard InChI is InChI=1S/C26H28ClFN4O2/c1-14(24-22(27)8-9-23(28)25(24)34-3)20-12-30-26-19(20)10-16(11-29-26)21-13-31-32(15(21)2)17-4-6-18(33)7-5-17/h8-14,17-18,33H,4-7H2,1-3H3,(H,29,30). The van der Waals surface area contributed by atoms with Crippen LogP contribution in [-0.2, 0) is 0 Å². The summed E-state index contributed by atoms with van der Waals surface area (Å²) in [5.41, 5.74) is 5.41. The van der Waals surface area contributed by atoms with Gasteiger partial charge in [-0.2, -0.15) is 5.10 Å². The SMILES string of the molecule is COc1c(F)ccc(Cl)c1C(C)c1c[nH]c2ncc(-c3cnn(C4CCC(O)CC4)c3C)cc12. The molecule has 178 valence electrons. The van der Waals surface area contributed by atoms with Crippen molar-refractivity contribution >= 4 is 22.6 Å². The Morgan fingerprint density at radius 3 is 2.74 bits per heavy atom. The molecule has 3 heterocycles. The number of benzene rings is 1. The fourth-order valence-corrected chi connectivity index (χ4v) is 5.53. The van der Waals surface area contributed by atoms with Crippen molar-refractivity contribution in [1.29, 1.82) is 0 Å².